The summed E-state index contributed by atoms with van der Waals surface area (Å²) in [6.45, 7) is 6.26. The maximum absolute atomic E-state index is 14.2. The summed E-state index contributed by atoms with van der Waals surface area (Å²) in [5.41, 5.74) is 3.35. The van der Waals surface area contributed by atoms with Gasteiger partial charge in [-0.3, -0.25) is 14.5 Å². The summed E-state index contributed by atoms with van der Waals surface area (Å²) in [4.78, 5) is 33.2. The maximum Gasteiger partial charge on any atom is 0.301 e. The minimum absolute atomic E-state index is 0.0999. The van der Waals surface area contributed by atoms with Crippen molar-refractivity contribution in [3.8, 4) is 5.75 Å². The number of imidazole rings is 1. The lowest BCUT2D eigenvalue weighted by Gasteiger charge is -2.22. The number of rotatable bonds is 9. The Bertz CT molecular complexity index is 1920. The molecular formula is C32H28FN5O4S2. The van der Waals surface area contributed by atoms with E-state index in [0.29, 0.717) is 44.9 Å². The maximum atomic E-state index is 14.2. The number of amides is 1. The van der Waals surface area contributed by atoms with Crippen LogP contribution >= 0.6 is 23.1 Å². The zero-order valence-electron chi connectivity index (χ0n) is 24.2. The number of thioether (sulfide) groups is 1. The molecule has 224 valence electrons. The highest BCUT2D eigenvalue weighted by atomic mass is 32.2. The van der Waals surface area contributed by atoms with Crippen molar-refractivity contribution in [2.45, 2.75) is 43.3 Å². The second-order valence-electron chi connectivity index (χ2n) is 10.2. The molecule has 0 saturated carbocycles. The number of hydrogen-bond donors (Lipinski definition) is 1. The predicted octanol–water partition coefficient (Wildman–Crippen LogP) is 6.65. The molecule has 9 nitrogen and oxygen atoms in total. The highest BCUT2D eigenvalue weighted by Gasteiger charge is 2.49. The predicted molar refractivity (Wildman–Crippen MR) is 168 cm³/mol. The van der Waals surface area contributed by atoms with E-state index in [4.69, 9.17) is 4.74 Å². The topological polar surface area (TPSA) is 110 Å². The minimum atomic E-state index is -1.00. The van der Waals surface area contributed by atoms with Crippen LogP contribution in [0.5, 0.6) is 5.75 Å². The van der Waals surface area contributed by atoms with Gasteiger partial charge < -0.3 is 14.2 Å². The van der Waals surface area contributed by atoms with Crippen molar-refractivity contribution in [2.24, 2.45) is 0 Å². The average molecular weight is 630 g/mol. The molecule has 1 saturated heterocycles. The van der Waals surface area contributed by atoms with Crippen LogP contribution < -0.4 is 9.64 Å². The second kappa shape index (κ2) is 12.2. The van der Waals surface area contributed by atoms with Gasteiger partial charge in [0.15, 0.2) is 10.1 Å². The van der Waals surface area contributed by atoms with Crippen LogP contribution in [-0.2, 0) is 15.3 Å². The van der Waals surface area contributed by atoms with Gasteiger partial charge in [-0.1, -0.05) is 66.4 Å². The molecule has 1 aliphatic rings. The van der Waals surface area contributed by atoms with Gasteiger partial charge in [0.05, 0.1) is 23.9 Å². The summed E-state index contributed by atoms with van der Waals surface area (Å²) in [5.74, 6) is -1.44. The Balaban J connectivity index is 1.43. The number of ketones is 1. The van der Waals surface area contributed by atoms with Crippen molar-refractivity contribution < 1.29 is 23.8 Å². The third-order valence-electron chi connectivity index (χ3n) is 7.33. The largest absolute Gasteiger partial charge is 0.505 e. The number of aryl methyl sites for hydroxylation is 2. The number of halogens is 1. The van der Waals surface area contributed by atoms with E-state index in [9.17, 15) is 19.1 Å². The van der Waals surface area contributed by atoms with Crippen LogP contribution in [-0.4, -0.2) is 43.0 Å². The molecule has 0 radical (unpaired) electrons. The second-order valence-corrected chi connectivity index (χ2v) is 12.4. The molecule has 0 aliphatic carbocycles. The third-order valence-corrected chi connectivity index (χ3v) is 9.44. The van der Waals surface area contributed by atoms with Gasteiger partial charge in [0.2, 0.25) is 5.13 Å². The fourth-order valence-corrected chi connectivity index (χ4v) is 6.95. The molecule has 1 unspecified atom stereocenters. The van der Waals surface area contributed by atoms with Gasteiger partial charge in [0, 0.05) is 11.9 Å². The van der Waals surface area contributed by atoms with Gasteiger partial charge in [0.1, 0.15) is 22.9 Å². The van der Waals surface area contributed by atoms with Crippen LogP contribution in [0.1, 0.15) is 47.5 Å². The number of anilines is 1. The third kappa shape index (κ3) is 5.35. The van der Waals surface area contributed by atoms with E-state index in [1.54, 1.807) is 49.4 Å². The normalized spacial score (nSPS) is 16.3. The molecule has 0 bridgehead atoms. The Morgan fingerprint density at radius 1 is 1.07 bits per heavy atom. The van der Waals surface area contributed by atoms with Crippen molar-refractivity contribution in [2.75, 3.05) is 11.5 Å². The van der Waals surface area contributed by atoms with Gasteiger partial charge in [-0.05, 0) is 61.2 Å². The quantitative estimate of drug-likeness (QED) is 0.0635. The van der Waals surface area contributed by atoms with E-state index in [1.165, 1.54) is 22.7 Å². The number of fused-ring (bicyclic) bond motifs is 1. The van der Waals surface area contributed by atoms with Gasteiger partial charge in [-0.2, -0.15) is 0 Å². The Hall–Kier alpha value is -4.55. The molecule has 2 aromatic carbocycles. The molecule has 1 aliphatic heterocycles. The molecule has 0 spiro atoms. The zero-order valence-corrected chi connectivity index (χ0v) is 25.8. The molecule has 6 rings (SSSR count). The Kier molecular flexibility index (Phi) is 8.19. The Morgan fingerprint density at radius 3 is 2.57 bits per heavy atom. The lowest BCUT2D eigenvalue weighted by Crippen LogP contribution is -2.29. The summed E-state index contributed by atoms with van der Waals surface area (Å²) in [5, 5.41) is 20.3. The molecular weight excluding hydrogens is 602 g/mol. The van der Waals surface area contributed by atoms with E-state index in [1.807, 2.05) is 36.6 Å². The first-order valence-corrected chi connectivity index (χ1v) is 15.8. The molecule has 12 heteroatoms. The van der Waals surface area contributed by atoms with Crippen LogP contribution in [0.25, 0.3) is 11.4 Å². The van der Waals surface area contributed by atoms with Gasteiger partial charge >= 0.3 is 5.91 Å². The van der Waals surface area contributed by atoms with E-state index in [0.717, 1.165) is 23.3 Å². The first kappa shape index (κ1) is 29.5. The lowest BCUT2D eigenvalue weighted by atomic mass is 9.96. The van der Waals surface area contributed by atoms with E-state index < -0.39 is 17.7 Å². The number of ether oxygens (including phenoxy) is 1. The van der Waals surface area contributed by atoms with Crippen LogP contribution in [0.2, 0.25) is 0 Å². The van der Waals surface area contributed by atoms with Crippen LogP contribution in [0, 0.1) is 19.7 Å². The highest BCUT2D eigenvalue weighted by molar-refractivity contribution is 8.00. The zero-order chi connectivity index (χ0) is 31.0. The molecule has 3 aromatic heterocycles. The summed E-state index contributed by atoms with van der Waals surface area (Å²) >= 11 is 2.39. The number of Topliss-reactive ketones (excluding diaryl/α,β-unsaturated/α-hetero) is 1. The highest BCUT2D eigenvalue weighted by Crippen LogP contribution is 2.44. The lowest BCUT2D eigenvalue weighted by molar-refractivity contribution is -0.132. The van der Waals surface area contributed by atoms with Crippen molar-refractivity contribution in [3.05, 3.63) is 106 Å². The fraction of sp³-hybridized carbons (Fsp3) is 0.219. The number of carbonyl (C=O) groups excluding carboxylic acids is 2. The van der Waals surface area contributed by atoms with E-state index in [2.05, 4.69) is 15.2 Å². The number of benzene rings is 2. The summed E-state index contributed by atoms with van der Waals surface area (Å²) in [6.07, 6.45) is 2.67. The van der Waals surface area contributed by atoms with Crippen LogP contribution in [0.15, 0.2) is 76.8 Å². The number of aliphatic hydroxyl groups is 1. The Labute approximate surface area is 261 Å². The van der Waals surface area contributed by atoms with E-state index >= 15 is 0 Å². The monoisotopic (exact) mass is 629 g/mol. The average Bonchev–Trinajstić information content (AvgIpc) is 3.71. The number of pyridine rings is 1. The van der Waals surface area contributed by atoms with Crippen molar-refractivity contribution >= 4 is 51.3 Å². The Morgan fingerprint density at radius 2 is 1.84 bits per heavy atom. The first-order valence-electron chi connectivity index (χ1n) is 14.0. The van der Waals surface area contributed by atoms with Gasteiger partial charge in [0.25, 0.3) is 5.78 Å². The molecule has 44 heavy (non-hydrogen) atoms. The standard InChI is InChI=1S/C32H28FN5O4S2/c1-4-16-42-22-13-11-20(12-14-22)26-24(27(39)25-19(3)37-15-7-8-18(2)29(37)34-25)28(40)30(41)38(26)31-35-36-32(44-31)43-17-21-9-5-6-10-23(21)33/h5-15,26,39H,4,16-17H2,1-3H3/b27-24+. The number of carbonyl (C=O) groups is 2. The van der Waals surface area contributed by atoms with Crippen LogP contribution in [0.4, 0.5) is 9.52 Å². The fourth-order valence-electron chi connectivity index (χ4n) is 5.10. The van der Waals surface area contributed by atoms with E-state index in [-0.39, 0.29) is 28.0 Å². The van der Waals surface area contributed by atoms with Gasteiger partial charge in [-0.15, -0.1) is 10.2 Å². The summed E-state index contributed by atoms with van der Waals surface area (Å²) in [7, 11) is 0. The minimum Gasteiger partial charge on any atom is -0.505 e. The van der Waals surface area contributed by atoms with Crippen molar-refractivity contribution in [3.63, 3.8) is 0 Å². The number of nitrogens with zero attached hydrogens (tertiary/aromatic N) is 5. The summed E-state index contributed by atoms with van der Waals surface area (Å²) in [6, 6.07) is 16.3. The van der Waals surface area contributed by atoms with Gasteiger partial charge in [-0.25, -0.2) is 9.37 Å². The summed E-state index contributed by atoms with van der Waals surface area (Å²) < 4.78 is 22.2. The molecule has 4 heterocycles. The SMILES string of the molecule is CCCOc1ccc(C2/C(=C(\O)c3nc4c(C)cccn4c3C)C(=O)C(=O)N2c2nnc(SCc3ccccc3F)s2)cc1. The number of aromatic nitrogens is 4. The smallest absolute Gasteiger partial charge is 0.301 e. The molecule has 1 amide bonds. The van der Waals surface area contributed by atoms with Crippen molar-refractivity contribution in [1.82, 2.24) is 19.6 Å². The number of hydrogen-bond acceptors (Lipinski definition) is 9. The molecule has 1 atom stereocenters. The number of aliphatic hydroxyl groups excluding tert-OH is 1. The molecule has 5 aromatic rings. The molecule has 1 N–H and O–H groups in total. The van der Waals surface area contributed by atoms with Crippen molar-refractivity contribution in [1.29, 1.82) is 0 Å². The van der Waals surface area contributed by atoms with Crippen LogP contribution in [0.3, 0.4) is 0 Å². The molecule has 1 fully saturated rings. The first-order chi connectivity index (χ1) is 21.3.